The van der Waals surface area contributed by atoms with Gasteiger partial charge in [0, 0.05) is 31.3 Å². The molecule has 2 amide bonds. The number of aryl methyl sites for hydroxylation is 1. The van der Waals surface area contributed by atoms with Crippen LogP contribution in [0, 0.1) is 12.7 Å². The van der Waals surface area contributed by atoms with Gasteiger partial charge in [-0.05, 0) is 55.5 Å². The molecule has 0 bridgehead atoms. The molecule has 3 aromatic rings. The summed E-state index contributed by atoms with van der Waals surface area (Å²) in [6.45, 7) is 1.75. The highest BCUT2D eigenvalue weighted by Crippen LogP contribution is 2.27. The van der Waals surface area contributed by atoms with Crippen LogP contribution in [0.5, 0.6) is 5.75 Å². The van der Waals surface area contributed by atoms with Gasteiger partial charge in [0.05, 0.1) is 24.2 Å². The Morgan fingerprint density at radius 2 is 1.88 bits per heavy atom. The Hall–Kier alpha value is -3.65. The third-order valence-corrected chi connectivity index (χ3v) is 4.99. The van der Waals surface area contributed by atoms with Crippen molar-refractivity contribution >= 4 is 35.2 Å². The molecule has 7 nitrogen and oxygen atoms in total. The molecule has 0 unspecified atom stereocenters. The summed E-state index contributed by atoms with van der Waals surface area (Å²) >= 11 is 6.44. The van der Waals surface area contributed by atoms with Crippen molar-refractivity contribution in [2.45, 2.75) is 6.92 Å². The lowest BCUT2D eigenvalue weighted by Gasteiger charge is -2.14. The number of carbonyl (C=O) groups excluding carboxylic acids is 2. The number of rotatable bonds is 6. The molecule has 0 aliphatic rings. The van der Waals surface area contributed by atoms with Gasteiger partial charge in [0.1, 0.15) is 16.7 Å². The van der Waals surface area contributed by atoms with Gasteiger partial charge in [-0.1, -0.05) is 11.6 Å². The number of amides is 2. The van der Waals surface area contributed by atoms with E-state index in [2.05, 4.69) is 10.4 Å². The van der Waals surface area contributed by atoms with Crippen LogP contribution in [0.2, 0.25) is 5.15 Å². The summed E-state index contributed by atoms with van der Waals surface area (Å²) in [5, 5.41) is 7.37. The van der Waals surface area contributed by atoms with Crippen LogP contribution in [0.4, 0.5) is 10.1 Å². The Balaban J connectivity index is 1.83. The van der Waals surface area contributed by atoms with Crippen molar-refractivity contribution in [2.75, 3.05) is 26.5 Å². The van der Waals surface area contributed by atoms with E-state index in [-0.39, 0.29) is 16.9 Å². The highest BCUT2D eigenvalue weighted by atomic mass is 35.5. The van der Waals surface area contributed by atoms with Crippen LogP contribution in [0.1, 0.15) is 21.6 Å². The Bertz CT molecular complexity index is 1190. The zero-order valence-electron chi connectivity index (χ0n) is 18.0. The lowest BCUT2D eigenvalue weighted by atomic mass is 10.1. The largest absolute Gasteiger partial charge is 0.495 e. The summed E-state index contributed by atoms with van der Waals surface area (Å²) in [5.74, 6) is -0.588. The molecule has 0 aliphatic heterocycles. The summed E-state index contributed by atoms with van der Waals surface area (Å²) in [6.07, 6.45) is 2.85. The third kappa shape index (κ3) is 4.97. The van der Waals surface area contributed by atoms with Crippen LogP contribution in [-0.2, 0) is 4.79 Å². The Morgan fingerprint density at radius 1 is 1.19 bits per heavy atom. The minimum Gasteiger partial charge on any atom is -0.495 e. The number of nitrogens with one attached hydrogen (secondary N) is 1. The quantitative estimate of drug-likeness (QED) is 0.560. The molecule has 2 aromatic carbocycles. The first kappa shape index (κ1) is 23.0. The first-order chi connectivity index (χ1) is 15.2. The van der Waals surface area contributed by atoms with Crippen molar-refractivity contribution in [2.24, 2.45) is 0 Å². The van der Waals surface area contributed by atoms with Crippen molar-refractivity contribution in [3.05, 3.63) is 76.3 Å². The molecule has 0 aliphatic carbocycles. The van der Waals surface area contributed by atoms with Gasteiger partial charge in [-0.2, -0.15) is 5.10 Å². The minimum absolute atomic E-state index is 0.200. The topological polar surface area (TPSA) is 76.5 Å². The second kappa shape index (κ2) is 9.65. The number of methoxy groups -OCH3 is 1. The monoisotopic (exact) mass is 456 g/mol. The number of anilines is 1. The minimum atomic E-state index is -0.442. The summed E-state index contributed by atoms with van der Waals surface area (Å²) in [6, 6.07) is 10.5. The molecule has 0 saturated carbocycles. The molecule has 0 atom stereocenters. The average molecular weight is 457 g/mol. The van der Waals surface area contributed by atoms with E-state index in [1.807, 2.05) is 0 Å². The van der Waals surface area contributed by atoms with E-state index in [1.54, 1.807) is 57.4 Å². The second-order valence-corrected chi connectivity index (χ2v) is 7.47. The van der Waals surface area contributed by atoms with Crippen molar-refractivity contribution in [3.8, 4) is 11.4 Å². The molecule has 0 radical (unpaired) electrons. The van der Waals surface area contributed by atoms with Crippen LogP contribution < -0.4 is 10.1 Å². The predicted molar refractivity (Wildman–Crippen MR) is 122 cm³/mol. The Kier molecular flexibility index (Phi) is 6.95. The Labute approximate surface area is 190 Å². The number of ether oxygens (including phenoxy) is 1. The lowest BCUT2D eigenvalue weighted by molar-refractivity contribution is -0.111. The van der Waals surface area contributed by atoms with Crippen molar-refractivity contribution in [1.82, 2.24) is 14.7 Å². The van der Waals surface area contributed by atoms with Gasteiger partial charge in [-0.15, -0.1) is 0 Å². The standard InChI is InChI=1S/C23H22ClFN4O3/c1-14-18(22(24)29(27-14)17-8-6-16(25)7-9-17)10-12-21(30)26-19-13-15(23(31)28(2)3)5-11-20(19)32-4/h5-13H,1-4H3,(H,26,30). The number of nitrogens with zero attached hydrogens (tertiary/aromatic N) is 3. The molecule has 3 rings (SSSR count). The molecular formula is C23H22ClFN4O3. The molecule has 0 spiro atoms. The Morgan fingerprint density at radius 3 is 2.50 bits per heavy atom. The number of halogens is 2. The van der Waals surface area contributed by atoms with Gasteiger partial charge in [-0.3, -0.25) is 9.59 Å². The molecule has 1 heterocycles. The van der Waals surface area contributed by atoms with Gasteiger partial charge in [0.2, 0.25) is 5.91 Å². The molecule has 1 N–H and O–H groups in total. The maximum absolute atomic E-state index is 13.2. The zero-order valence-corrected chi connectivity index (χ0v) is 18.8. The van der Waals surface area contributed by atoms with Crippen LogP contribution in [-0.4, -0.2) is 47.7 Å². The van der Waals surface area contributed by atoms with Crippen LogP contribution in [0.15, 0.2) is 48.5 Å². The zero-order chi connectivity index (χ0) is 23.4. The van der Waals surface area contributed by atoms with E-state index in [1.165, 1.54) is 34.9 Å². The molecule has 0 saturated heterocycles. The normalized spacial score (nSPS) is 10.9. The highest BCUT2D eigenvalue weighted by molar-refractivity contribution is 6.31. The van der Waals surface area contributed by atoms with Crippen LogP contribution in [0.25, 0.3) is 11.8 Å². The van der Waals surface area contributed by atoms with Gasteiger partial charge >= 0.3 is 0 Å². The second-order valence-electron chi connectivity index (χ2n) is 7.12. The van der Waals surface area contributed by atoms with E-state index >= 15 is 0 Å². The number of carbonyl (C=O) groups is 2. The molecule has 0 fully saturated rings. The van der Waals surface area contributed by atoms with E-state index in [9.17, 15) is 14.0 Å². The molecule has 166 valence electrons. The van der Waals surface area contributed by atoms with E-state index in [0.29, 0.717) is 33.9 Å². The molecular weight excluding hydrogens is 435 g/mol. The van der Waals surface area contributed by atoms with E-state index in [0.717, 1.165) is 0 Å². The van der Waals surface area contributed by atoms with Crippen LogP contribution in [0.3, 0.4) is 0 Å². The summed E-state index contributed by atoms with van der Waals surface area (Å²) < 4.78 is 19.9. The maximum Gasteiger partial charge on any atom is 0.253 e. The fourth-order valence-electron chi connectivity index (χ4n) is 2.98. The fourth-order valence-corrected chi connectivity index (χ4v) is 3.32. The highest BCUT2D eigenvalue weighted by Gasteiger charge is 2.15. The number of hydrogen-bond acceptors (Lipinski definition) is 4. The molecule has 1 aromatic heterocycles. The lowest BCUT2D eigenvalue weighted by Crippen LogP contribution is -2.22. The first-order valence-corrected chi connectivity index (χ1v) is 9.99. The first-order valence-electron chi connectivity index (χ1n) is 9.61. The maximum atomic E-state index is 13.2. The van der Waals surface area contributed by atoms with Gasteiger partial charge < -0.3 is 15.0 Å². The molecule has 9 heteroatoms. The smallest absolute Gasteiger partial charge is 0.253 e. The summed E-state index contributed by atoms with van der Waals surface area (Å²) in [7, 11) is 4.76. The van der Waals surface area contributed by atoms with Gasteiger partial charge in [0.15, 0.2) is 0 Å². The van der Waals surface area contributed by atoms with E-state index in [4.69, 9.17) is 16.3 Å². The average Bonchev–Trinajstić information content (AvgIpc) is 3.05. The fraction of sp³-hybridized carbons (Fsp3) is 0.174. The van der Waals surface area contributed by atoms with Crippen LogP contribution >= 0.6 is 11.6 Å². The molecule has 32 heavy (non-hydrogen) atoms. The third-order valence-electron chi connectivity index (χ3n) is 4.63. The number of benzene rings is 2. The number of aromatic nitrogens is 2. The summed E-state index contributed by atoms with van der Waals surface area (Å²) in [4.78, 5) is 26.2. The summed E-state index contributed by atoms with van der Waals surface area (Å²) in [5.41, 5.74) is 2.51. The van der Waals surface area contributed by atoms with E-state index < -0.39 is 5.91 Å². The predicted octanol–water partition coefficient (Wildman–Crippen LogP) is 4.34. The SMILES string of the molecule is COc1ccc(C(=O)N(C)C)cc1NC(=O)C=Cc1c(C)nn(-c2ccc(F)cc2)c1Cl. The van der Waals surface area contributed by atoms with Gasteiger partial charge in [-0.25, -0.2) is 9.07 Å². The van der Waals surface area contributed by atoms with Crippen molar-refractivity contribution < 1.29 is 18.7 Å². The van der Waals surface area contributed by atoms with Crippen molar-refractivity contribution in [1.29, 1.82) is 0 Å². The number of hydrogen-bond donors (Lipinski definition) is 1. The van der Waals surface area contributed by atoms with Gasteiger partial charge in [0.25, 0.3) is 5.91 Å². The van der Waals surface area contributed by atoms with Crippen molar-refractivity contribution in [3.63, 3.8) is 0 Å².